The van der Waals surface area contributed by atoms with Gasteiger partial charge in [0.15, 0.2) is 0 Å². The molecule has 0 heterocycles. The van der Waals surface area contributed by atoms with Crippen LogP contribution in [0.3, 0.4) is 0 Å². The summed E-state index contributed by atoms with van der Waals surface area (Å²) in [5.41, 5.74) is 3.52. The number of amides is 1. The van der Waals surface area contributed by atoms with E-state index in [1.54, 1.807) is 42.5 Å². The number of benzene rings is 5. The maximum Gasteiger partial charge on any atom is 0.343 e. The van der Waals surface area contributed by atoms with E-state index in [-0.39, 0.29) is 11.3 Å². The van der Waals surface area contributed by atoms with Crippen molar-refractivity contribution in [1.82, 2.24) is 5.43 Å². The number of nitrogens with zero attached hydrogens (tertiary/aromatic N) is 1. The first kappa shape index (κ1) is 21.9. The summed E-state index contributed by atoms with van der Waals surface area (Å²) < 4.78 is 5.67. The van der Waals surface area contributed by atoms with Crippen LogP contribution >= 0.6 is 0 Å². The first-order valence-electron chi connectivity index (χ1n) is 10.9. The Hall–Kier alpha value is -4.97. The van der Waals surface area contributed by atoms with Crippen LogP contribution in [0.4, 0.5) is 0 Å². The molecule has 0 aliphatic rings. The van der Waals surface area contributed by atoms with Crippen LogP contribution < -0.4 is 10.2 Å². The Morgan fingerprint density at radius 1 is 0.771 bits per heavy atom. The zero-order valence-electron chi connectivity index (χ0n) is 18.5. The average molecular weight is 460 g/mol. The Balaban J connectivity index is 1.44. The molecule has 5 aromatic carbocycles. The molecule has 0 saturated carbocycles. The molecule has 0 spiro atoms. The van der Waals surface area contributed by atoms with Crippen molar-refractivity contribution < 1.29 is 19.4 Å². The second kappa shape index (κ2) is 9.49. The fraction of sp³-hybridized carbons (Fsp3) is 0. The molecule has 1 amide bonds. The van der Waals surface area contributed by atoms with Gasteiger partial charge in [-0.1, -0.05) is 72.8 Å². The lowest BCUT2D eigenvalue weighted by Crippen LogP contribution is -2.18. The van der Waals surface area contributed by atoms with Gasteiger partial charge in [-0.05, 0) is 51.9 Å². The van der Waals surface area contributed by atoms with Crippen molar-refractivity contribution in [1.29, 1.82) is 0 Å². The molecule has 0 saturated heterocycles. The van der Waals surface area contributed by atoms with Gasteiger partial charge in [0.25, 0.3) is 5.91 Å². The summed E-state index contributed by atoms with van der Waals surface area (Å²) in [7, 11) is 0. The quantitative estimate of drug-likeness (QED) is 0.153. The summed E-state index contributed by atoms with van der Waals surface area (Å²) >= 11 is 0. The lowest BCUT2D eigenvalue weighted by atomic mass is 10.0. The van der Waals surface area contributed by atoms with E-state index in [1.165, 1.54) is 6.21 Å². The van der Waals surface area contributed by atoms with Crippen LogP contribution in [0.5, 0.6) is 11.5 Å². The third-order valence-electron chi connectivity index (χ3n) is 5.61. The van der Waals surface area contributed by atoms with Crippen LogP contribution in [0, 0.1) is 0 Å². The number of ether oxygens (including phenoxy) is 1. The maximum absolute atomic E-state index is 12.7. The highest BCUT2D eigenvalue weighted by Gasteiger charge is 2.15. The summed E-state index contributed by atoms with van der Waals surface area (Å²) in [6.07, 6.45) is 1.44. The van der Waals surface area contributed by atoms with Crippen molar-refractivity contribution in [3.05, 3.63) is 120 Å². The number of carbonyl (C=O) groups excluding carboxylic acids is 2. The molecule has 0 radical (unpaired) electrons. The fourth-order valence-electron chi connectivity index (χ4n) is 3.86. The summed E-state index contributed by atoms with van der Waals surface area (Å²) in [5, 5.41) is 17.8. The lowest BCUT2D eigenvalue weighted by molar-refractivity contribution is 0.0734. The number of hydrogen-bond acceptors (Lipinski definition) is 5. The van der Waals surface area contributed by atoms with Gasteiger partial charge in [0, 0.05) is 5.56 Å². The van der Waals surface area contributed by atoms with E-state index < -0.39 is 11.9 Å². The van der Waals surface area contributed by atoms with Crippen molar-refractivity contribution in [2.45, 2.75) is 0 Å². The minimum atomic E-state index is -0.562. The number of hydrazone groups is 1. The minimum Gasteiger partial charge on any atom is -0.507 e. The van der Waals surface area contributed by atoms with Crippen molar-refractivity contribution >= 4 is 39.6 Å². The molecule has 0 fully saturated rings. The van der Waals surface area contributed by atoms with Crippen molar-refractivity contribution in [3.8, 4) is 11.5 Å². The smallest absolute Gasteiger partial charge is 0.343 e. The third-order valence-corrected chi connectivity index (χ3v) is 5.61. The first-order valence-corrected chi connectivity index (χ1v) is 10.9. The molecule has 2 N–H and O–H groups in total. The van der Waals surface area contributed by atoms with Crippen LogP contribution in [0.25, 0.3) is 21.5 Å². The molecule has 0 aliphatic heterocycles. The number of esters is 1. The van der Waals surface area contributed by atoms with Gasteiger partial charge in [-0.3, -0.25) is 4.79 Å². The number of nitrogens with one attached hydrogen (secondary N) is 1. The second-order valence-electron chi connectivity index (χ2n) is 7.87. The predicted molar refractivity (Wildman–Crippen MR) is 136 cm³/mol. The highest BCUT2D eigenvalue weighted by Crippen LogP contribution is 2.28. The third kappa shape index (κ3) is 4.58. The highest BCUT2D eigenvalue weighted by molar-refractivity contribution is 6.05. The van der Waals surface area contributed by atoms with Crippen LogP contribution in [0.1, 0.15) is 26.3 Å². The van der Waals surface area contributed by atoms with Gasteiger partial charge >= 0.3 is 5.97 Å². The van der Waals surface area contributed by atoms with Crippen molar-refractivity contribution in [2.24, 2.45) is 5.10 Å². The SMILES string of the molecule is O=C(Oc1ccc2ccccc2c1C=NNC(=O)c1cc2ccccc2cc1O)c1ccccc1. The molecule has 35 heavy (non-hydrogen) atoms. The summed E-state index contributed by atoms with van der Waals surface area (Å²) in [6, 6.07) is 30.4. The Labute approximate surface area is 201 Å². The Morgan fingerprint density at radius 3 is 2.20 bits per heavy atom. The maximum atomic E-state index is 12.7. The molecule has 0 aliphatic carbocycles. The van der Waals surface area contributed by atoms with E-state index >= 15 is 0 Å². The average Bonchev–Trinajstić information content (AvgIpc) is 2.89. The van der Waals surface area contributed by atoms with Gasteiger partial charge in [-0.25, -0.2) is 10.2 Å². The van der Waals surface area contributed by atoms with E-state index in [0.717, 1.165) is 21.5 Å². The van der Waals surface area contributed by atoms with E-state index in [1.807, 2.05) is 60.7 Å². The molecule has 170 valence electrons. The van der Waals surface area contributed by atoms with Crippen LogP contribution in [0.2, 0.25) is 0 Å². The van der Waals surface area contributed by atoms with Crippen LogP contribution in [-0.2, 0) is 0 Å². The number of rotatable bonds is 5. The molecule has 6 nitrogen and oxygen atoms in total. The molecular formula is C29H20N2O4. The molecule has 5 rings (SSSR count). The number of hydrogen-bond donors (Lipinski definition) is 2. The fourth-order valence-corrected chi connectivity index (χ4v) is 3.86. The number of fused-ring (bicyclic) bond motifs is 2. The number of aromatic hydroxyl groups is 1. The largest absolute Gasteiger partial charge is 0.507 e. The first-order chi connectivity index (χ1) is 17.1. The Bertz CT molecular complexity index is 1590. The minimum absolute atomic E-state index is 0.106. The predicted octanol–water partition coefficient (Wildman–Crippen LogP) is 5.68. The van der Waals surface area contributed by atoms with Gasteiger partial charge in [0.05, 0.1) is 17.3 Å². The zero-order chi connectivity index (χ0) is 24.2. The monoisotopic (exact) mass is 460 g/mol. The Morgan fingerprint density at radius 2 is 1.43 bits per heavy atom. The molecule has 0 atom stereocenters. The topological polar surface area (TPSA) is 88.0 Å². The molecule has 0 aromatic heterocycles. The van der Waals surface area contributed by atoms with Gasteiger partial charge in [0.1, 0.15) is 11.5 Å². The normalized spacial score (nSPS) is 11.1. The second-order valence-corrected chi connectivity index (χ2v) is 7.87. The Kier molecular flexibility index (Phi) is 5.92. The molecule has 0 bridgehead atoms. The highest BCUT2D eigenvalue weighted by atomic mass is 16.5. The van der Waals surface area contributed by atoms with Gasteiger partial charge in [0.2, 0.25) is 0 Å². The molecule has 6 heteroatoms. The summed E-state index contributed by atoms with van der Waals surface area (Å²) in [4.78, 5) is 25.4. The molecule has 0 unspecified atom stereocenters. The van der Waals surface area contributed by atoms with E-state index in [0.29, 0.717) is 16.9 Å². The van der Waals surface area contributed by atoms with Crippen molar-refractivity contribution in [2.75, 3.05) is 0 Å². The zero-order valence-corrected chi connectivity index (χ0v) is 18.5. The van der Waals surface area contributed by atoms with Crippen LogP contribution in [-0.4, -0.2) is 23.2 Å². The summed E-state index contributed by atoms with van der Waals surface area (Å²) in [6.45, 7) is 0. The number of carbonyl (C=O) groups is 2. The van der Waals surface area contributed by atoms with Crippen LogP contribution in [0.15, 0.2) is 108 Å². The van der Waals surface area contributed by atoms with Crippen molar-refractivity contribution in [3.63, 3.8) is 0 Å². The van der Waals surface area contributed by atoms with Gasteiger partial charge in [-0.15, -0.1) is 0 Å². The molecule has 5 aromatic rings. The standard InChI is InChI=1S/C29H20N2O4/c32-26-17-22-12-5-4-11-21(22)16-24(26)28(33)31-30-18-25-23-13-7-6-8-19(23)14-15-27(25)35-29(34)20-9-2-1-3-10-20/h1-18,32H,(H,31,33). The van der Waals surface area contributed by atoms with E-state index in [2.05, 4.69) is 10.5 Å². The van der Waals surface area contributed by atoms with Gasteiger partial charge < -0.3 is 9.84 Å². The lowest BCUT2D eigenvalue weighted by Gasteiger charge is -2.11. The number of phenols is 1. The van der Waals surface area contributed by atoms with Gasteiger partial charge in [-0.2, -0.15) is 5.10 Å². The number of phenolic OH excluding ortho intramolecular Hbond substituents is 1. The summed E-state index contributed by atoms with van der Waals surface area (Å²) in [5.74, 6) is -0.892. The van der Waals surface area contributed by atoms with E-state index in [4.69, 9.17) is 4.74 Å². The molecular weight excluding hydrogens is 440 g/mol. The van der Waals surface area contributed by atoms with E-state index in [9.17, 15) is 14.7 Å².